The molecule has 3 N–H and O–H groups in total. The molecule has 3 rings (SSSR count). The van der Waals surface area contributed by atoms with Crippen LogP contribution in [0.5, 0.6) is 0 Å². The Morgan fingerprint density at radius 1 is 1.15 bits per heavy atom. The quantitative estimate of drug-likeness (QED) is 0.612. The molecule has 0 aliphatic heterocycles. The first-order valence-corrected chi connectivity index (χ1v) is 8.04. The van der Waals surface area contributed by atoms with Gasteiger partial charge in [0.2, 0.25) is 0 Å². The smallest absolute Gasteiger partial charge is 0.319 e. The van der Waals surface area contributed by atoms with Crippen LogP contribution in [-0.4, -0.2) is 32.0 Å². The van der Waals surface area contributed by atoms with Gasteiger partial charge in [0, 0.05) is 29.2 Å². The largest absolute Gasteiger partial charge is 0.328 e. The van der Waals surface area contributed by atoms with Crippen molar-refractivity contribution in [1.29, 1.82) is 0 Å². The zero-order valence-electron chi connectivity index (χ0n) is 14.4. The van der Waals surface area contributed by atoms with Gasteiger partial charge in [-0.05, 0) is 38.1 Å². The van der Waals surface area contributed by atoms with E-state index in [0.717, 1.165) is 5.56 Å². The van der Waals surface area contributed by atoms with Gasteiger partial charge in [0.05, 0.1) is 6.04 Å². The van der Waals surface area contributed by atoms with Gasteiger partial charge < -0.3 is 10.6 Å². The Labute approximate surface area is 150 Å². The second kappa shape index (κ2) is 7.56. The molecule has 0 aliphatic carbocycles. The summed E-state index contributed by atoms with van der Waals surface area (Å²) in [6, 6.07) is 9.58. The molecule has 0 spiro atoms. The third-order valence-electron chi connectivity index (χ3n) is 3.73. The van der Waals surface area contributed by atoms with Gasteiger partial charge in [0.1, 0.15) is 5.82 Å². The molecule has 0 fully saturated rings. The van der Waals surface area contributed by atoms with Crippen LogP contribution < -0.4 is 10.6 Å². The number of hydrogen-bond acceptors (Lipinski definition) is 5. The molecule has 1 aromatic carbocycles. The van der Waals surface area contributed by atoms with Crippen molar-refractivity contribution < 1.29 is 9.59 Å². The minimum Gasteiger partial charge on any atom is -0.328 e. The number of carbonyl (C=O) groups excluding carboxylic acids is 2. The lowest BCUT2D eigenvalue weighted by atomic mass is 10.1. The fraction of sp³-hybridized carbons (Fsp3) is 0.167. The van der Waals surface area contributed by atoms with E-state index >= 15 is 0 Å². The van der Waals surface area contributed by atoms with E-state index in [1.807, 2.05) is 0 Å². The topological polar surface area (TPSA) is 113 Å². The maximum absolute atomic E-state index is 12.2. The summed E-state index contributed by atoms with van der Waals surface area (Å²) in [5.41, 5.74) is 1.91. The van der Waals surface area contributed by atoms with Crippen molar-refractivity contribution in [1.82, 2.24) is 25.5 Å². The zero-order valence-corrected chi connectivity index (χ0v) is 14.4. The van der Waals surface area contributed by atoms with Crippen LogP contribution in [0, 0.1) is 0 Å². The van der Waals surface area contributed by atoms with Gasteiger partial charge in [0.25, 0.3) is 0 Å². The third-order valence-corrected chi connectivity index (χ3v) is 3.73. The molecule has 0 radical (unpaired) electrons. The van der Waals surface area contributed by atoms with Crippen LogP contribution in [0.2, 0.25) is 0 Å². The van der Waals surface area contributed by atoms with E-state index in [1.54, 1.807) is 55.7 Å². The van der Waals surface area contributed by atoms with Gasteiger partial charge in [-0.3, -0.25) is 14.9 Å². The number of benzene rings is 1. The normalized spacial score (nSPS) is 11.6. The summed E-state index contributed by atoms with van der Waals surface area (Å²) in [4.78, 5) is 31.9. The van der Waals surface area contributed by atoms with Crippen LogP contribution in [0.3, 0.4) is 0 Å². The first-order chi connectivity index (χ1) is 12.5. The predicted octanol–water partition coefficient (Wildman–Crippen LogP) is 2.95. The van der Waals surface area contributed by atoms with E-state index < -0.39 is 6.03 Å². The number of nitrogens with zero attached hydrogens (tertiary/aromatic N) is 3. The summed E-state index contributed by atoms with van der Waals surface area (Å²) in [6.07, 6.45) is 3.32. The first-order valence-electron chi connectivity index (χ1n) is 8.04. The van der Waals surface area contributed by atoms with Gasteiger partial charge in [-0.15, -0.1) is 0 Å². The number of carbonyl (C=O) groups is 2. The van der Waals surface area contributed by atoms with Crippen LogP contribution in [0.15, 0.2) is 48.8 Å². The van der Waals surface area contributed by atoms with Gasteiger partial charge >= 0.3 is 6.03 Å². The maximum atomic E-state index is 12.2. The summed E-state index contributed by atoms with van der Waals surface area (Å²) in [5.74, 6) is 1.00. The number of rotatable bonds is 5. The number of aromatic nitrogens is 4. The summed E-state index contributed by atoms with van der Waals surface area (Å²) in [5, 5.41) is 12.5. The average Bonchev–Trinajstić information content (AvgIpc) is 3.13. The van der Waals surface area contributed by atoms with Crippen molar-refractivity contribution in [2.75, 3.05) is 5.32 Å². The number of H-pyrrole nitrogens is 1. The fourth-order valence-electron chi connectivity index (χ4n) is 2.35. The Morgan fingerprint density at radius 3 is 2.65 bits per heavy atom. The SMILES string of the molecule is CC(=O)c1cccc(NC(=O)N[C@@H](C)c2nc(-c3ccncc3)n[nH]2)c1. The van der Waals surface area contributed by atoms with Gasteiger partial charge in [-0.2, -0.15) is 5.10 Å². The molecule has 1 atom stereocenters. The molecule has 0 saturated heterocycles. The number of Topliss-reactive ketones (excluding diaryl/α,β-unsaturated/α-hetero) is 1. The Morgan fingerprint density at radius 2 is 1.92 bits per heavy atom. The Kier molecular flexibility index (Phi) is 5.02. The van der Waals surface area contributed by atoms with E-state index in [-0.39, 0.29) is 11.8 Å². The van der Waals surface area contributed by atoms with E-state index in [9.17, 15) is 9.59 Å². The van der Waals surface area contributed by atoms with Crippen LogP contribution in [0.25, 0.3) is 11.4 Å². The fourth-order valence-corrected chi connectivity index (χ4v) is 2.35. The highest BCUT2D eigenvalue weighted by Gasteiger charge is 2.15. The zero-order chi connectivity index (χ0) is 18.5. The number of amides is 2. The molecule has 0 saturated carbocycles. The number of pyridine rings is 1. The van der Waals surface area contributed by atoms with E-state index in [4.69, 9.17) is 0 Å². The number of hydrogen-bond donors (Lipinski definition) is 3. The Hall–Kier alpha value is -3.55. The standard InChI is InChI=1S/C18H18N6O2/c1-11(16-22-17(24-23-16)13-6-8-19-9-7-13)20-18(26)21-15-5-3-4-14(10-15)12(2)25/h3-11H,1-2H3,(H2,20,21,26)(H,22,23,24)/t11-/m0/s1. The number of aromatic amines is 1. The minimum atomic E-state index is -0.403. The Balaban J connectivity index is 1.64. The highest BCUT2D eigenvalue weighted by molar-refractivity contribution is 5.96. The summed E-state index contributed by atoms with van der Waals surface area (Å²) in [6.45, 7) is 3.27. The van der Waals surface area contributed by atoms with E-state index in [0.29, 0.717) is 22.9 Å². The van der Waals surface area contributed by atoms with Crippen molar-refractivity contribution in [3.8, 4) is 11.4 Å². The lowest BCUT2D eigenvalue weighted by Crippen LogP contribution is -2.31. The highest BCUT2D eigenvalue weighted by atomic mass is 16.2. The summed E-state index contributed by atoms with van der Waals surface area (Å²) in [7, 11) is 0. The number of anilines is 1. The average molecular weight is 350 g/mol. The predicted molar refractivity (Wildman–Crippen MR) is 96.6 cm³/mol. The summed E-state index contributed by atoms with van der Waals surface area (Å²) < 4.78 is 0. The molecular weight excluding hydrogens is 332 g/mol. The Bertz CT molecular complexity index is 922. The first kappa shape index (κ1) is 17.3. The van der Waals surface area contributed by atoms with Crippen LogP contribution >= 0.6 is 0 Å². The van der Waals surface area contributed by atoms with Gasteiger partial charge in [-0.1, -0.05) is 12.1 Å². The molecule has 26 heavy (non-hydrogen) atoms. The minimum absolute atomic E-state index is 0.0623. The molecule has 2 heterocycles. The molecular formula is C18H18N6O2. The second-order valence-corrected chi connectivity index (χ2v) is 5.74. The number of nitrogens with one attached hydrogen (secondary N) is 3. The highest BCUT2D eigenvalue weighted by Crippen LogP contribution is 2.16. The van der Waals surface area contributed by atoms with Gasteiger partial charge in [0.15, 0.2) is 11.6 Å². The van der Waals surface area contributed by atoms with E-state index in [2.05, 4.69) is 30.8 Å². The number of ketones is 1. The van der Waals surface area contributed by atoms with Crippen molar-refractivity contribution in [3.05, 3.63) is 60.2 Å². The van der Waals surface area contributed by atoms with E-state index in [1.165, 1.54) is 6.92 Å². The molecule has 0 bridgehead atoms. The molecule has 0 unspecified atom stereocenters. The molecule has 132 valence electrons. The molecule has 8 heteroatoms. The van der Waals surface area contributed by atoms with Gasteiger partial charge in [-0.25, -0.2) is 9.78 Å². The molecule has 2 aromatic heterocycles. The van der Waals surface area contributed by atoms with Crippen molar-refractivity contribution >= 4 is 17.5 Å². The van der Waals surface area contributed by atoms with Crippen molar-refractivity contribution in [2.24, 2.45) is 0 Å². The number of urea groups is 1. The molecule has 2 amide bonds. The third kappa shape index (κ3) is 4.10. The van der Waals surface area contributed by atoms with Crippen LogP contribution in [0.1, 0.15) is 36.1 Å². The van der Waals surface area contributed by atoms with Crippen molar-refractivity contribution in [2.45, 2.75) is 19.9 Å². The monoisotopic (exact) mass is 350 g/mol. The molecule has 0 aliphatic rings. The van der Waals surface area contributed by atoms with Crippen molar-refractivity contribution in [3.63, 3.8) is 0 Å². The lowest BCUT2D eigenvalue weighted by Gasteiger charge is -2.12. The molecule has 3 aromatic rings. The molecule has 8 nitrogen and oxygen atoms in total. The maximum Gasteiger partial charge on any atom is 0.319 e. The van der Waals surface area contributed by atoms with Crippen LogP contribution in [0.4, 0.5) is 10.5 Å². The van der Waals surface area contributed by atoms with Crippen LogP contribution in [-0.2, 0) is 0 Å². The summed E-state index contributed by atoms with van der Waals surface area (Å²) >= 11 is 0. The lowest BCUT2D eigenvalue weighted by molar-refractivity contribution is 0.101. The second-order valence-electron chi connectivity index (χ2n) is 5.74.